The zero-order chi connectivity index (χ0) is 8.97. The lowest BCUT2D eigenvalue weighted by atomic mass is 10.3. The molecule has 0 saturated carbocycles. The van der Waals surface area contributed by atoms with Crippen LogP contribution in [0.15, 0.2) is 15.6 Å². The third-order valence-electron chi connectivity index (χ3n) is 1.29. The van der Waals surface area contributed by atoms with Crippen LogP contribution in [0.1, 0.15) is 6.92 Å². The van der Waals surface area contributed by atoms with Crippen LogP contribution >= 0.6 is 0 Å². The van der Waals surface area contributed by atoms with Gasteiger partial charge in [-0.2, -0.15) is 0 Å². The molecule has 0 saturated heterocycles. The largest absolute Gasteiger partial charge is 0.368 e. The zero-order valence-electron chi connectivity index (χ0n) is 6.65. The second-order valence-electron chi connectivity index (χ2n) is 2.11. The van der Waals surface area contributed by atoms with E-state index in [1.54, 1.807) is 12.9 Å². The van der Waals surface area contributed by atoms with Gasteiger partial charge in [-0.05, 0) is 6.92 Å². The molecule has 5 heteroatoms. The van der Waals surface area contributed by atoms with Gasteiger partial charge in [0.15, 0.2) is 6.23 Å². The number of hydrogen-bond donors (Lipinski definition) is 1. The van der Waals surface area contributed by atoms with Crippen molar-refractivity contribution in [1.29, 1.82) is 0 Å². The van der Waals surface area contributed by atoms with Gasteiger partial charge in [0.25, 0.3) is 0 Å². The zero-order valence-corrected chi connectivity index (χ0v) is 6.65. The molecule has 0 radical (unpaired) electrons. The monoisotopic (exact) mass is 167 g/mol. The summed E-state index contributed by atoms with van der Waals surface area (Å²) in [6, 6.07) is 0. The predicted molar refractivity (Wildman–Crippen MR) is 44.7 cm³/mol. The van der Waals surface area contributed by atoms with Crippen LogP contribution in [0.3, 0.4) is 0 Å². The van der Waals surface area contributed by atoms with E-state index in [-0.39, 0.29) is 11.5 Å². The van der Waals surface area contributed by atoms with Gasteiger partial charge in [0.2, 0.25) is 5.96 Å². The standard InChI is InChI=1S/C7H9N3O2/c1-2-12-6-5(4-11)3-9-7(8)10-6/h3,6H,2H2,1H3,(H2,8,10). The van der Waals surface area contributed by atoms with Crippen molar-refractivity contribution in [3.8, 4) is 0 Å². The van der Waals surface area contributed by atoms with Gasteiger partial charge < -0.3 is 10.5 Å². The molecule has 1 unspecified atom stereocenters. The first-order valence-electron chi connectivity index (χ1n) is 3.52. The first-order valence-corrected chi connectivity index (χ1v) is 3.52. The summed E-state index contributed by atoms with van der Waals surface area (Å²) in [5.74, 6) is 1.81. The van der Waals surface area contributed by atoms with E-state index in [1.165, 1.54) is 6.21 Å². The summed E-state index contributed by atoms with van der Waals surface area (Å²) < 4.78 is 5.10. The van der Waals surface area contributed by atoms with Crippen molar-refractivity contribution >= 4 is 18.1 Å². The predicted octanol–water partition coefficient (Wildman–Crippen LogP) is -0.494. The minimum Gasteiger partial charge on any atom is -0.368 e. The lowest BCUT2D eigenvalue weighted by Gasteiger charge is -2.13. The number of nitrogens with two attached hydrogens (primary N) is 1. The number of guanidine groups is 1. The van der Waals surface area contributed by atoms with Gasteiger partial charge in [0, 0.05) is 12.8 Å². The molecular weight excluding hydrogens is 158 g/mol. The SMILES string of the molecule is CCOC1N=C(N)N=CC1=C=O. The molecule has 0 fully saturated rings. The maximum absolute atomic E-state index is 10.3. The smallest absolute Gasteiger partial charge is 0.218 e. The molecule has 0 amide bonds. The van der Waals surface area contributed by atoms with Gasteiger partial charge in [0.1, 0.15) is 11.5 Å². The lowest BCUT2D eigenvalue weighted by Crippen LogP contribution is -2.24. The highest BCUT2D eigenvalue weighted by Crippen LogP contribution is 2.07. The van der Waals surface area contributed by atoms with Crippen molar-refractivity contribution in [1.82, 2.24) is 0 Å². The van der Waals surface area contributed by atoms with Crippen LogP contribution in [0.5, 0.6) is 0 Å². The van der Waals surface area contributed by atoms with Crippen molar-refractivity contribution < 1.29 is 9.53 Å². The van der Waals surface area contributed by atoms with E-state index in [9.17, 15) is 4.79 Å². The number of hydrogen-bond acceptors (Lipinski definition) is 5. The van der Waals surface area contributed by atoms with Crippen molar-refractivity contribution in [2.75, 3.05) is 6.61 Å². The Morgan fingerprint density at radius 3 is 3.17 bits per heavy atom. The van der Waals surface area contributed by atoms with E-state index in [0.717, 1.165) is 0 Å². The number of nitrogens with zero attached hydrogens (tertiary/aromatic N) is 2. The van der Waals surface area contributed by atoms with Gasteiger partial charge in [-0.1, -0.05) is 0 Å². The highest BCUT2D eigenvalue weighted by molar-refractivity contribution is 6.00. The van der Waals surface area contributed by atoms with Crippen molar-refractivity contribution in [2.45, 2.75) is 13.2 Å². The second-order valence-corrected chi connectivity index (χ2v) is 2.11. The van der Waals surface area contributed by atoms with Crippen molar-refractivity contribution in [3.05, 3.63) is 5.57 Å². The van der Waals surface area contributed by atoms with E-state index >= 15 is 0 Å². The molecule has 0 aliphatic carbocycles. The summed E-state index contributed by atoms with van der Waals surface area (Å²) in [5, 5.41) is 0. The molecule has 12 heavy (non-hydrogen) atoms. The van der Waals surface area contributed by atoms with Crippen molar-refractivity contribution in [2.24, 2.45) is 15.7 Å². The molecule has 1 heterocycles. The third kappa shape index (κ3) is 1.78. The Balaban J connectivity index is 2.82. The highest BCUT2D eigenvalue weighted by Gasteiger charge is 2.16. The van der Waals surface area contributed by atoms with E-state index < -0.39 is 6.23 Å². The summed E-state index contributed by atoms with van der Waals surface area (Å²) >= 11 is 0. The first-order chi connectivity index (χ1) is 5.77. The molecule has 0 aromatic rings. The molecule has 2 N–H and O–H groups in total. The molecule has 0 aromatic carbocycles. The van der Waals surface area contributed by atoms with E-state index in [4.69, 9.17) is 10.5 Å². The maximum atomic E-state index is 10.3. The molecule has 1 aliphatic rings. The van der Waals surface area contributed by atoms with Gasteiger partial charge >= 0.3 is 0 Å². The molecule has 0 spiro atoms. The van der Waals surface area contributed by atoms with E-state index in [2.05, 4.69) is 9.98 Å². The molecule has 0 bridgehead atoms. The average molecular weight is 167 g/mol. The molecular formula is C7H9N3O2. The summed E-state index contributed by atoms with van der Waals surface area (Å²) in [7, 11) is 0. The Hall–Kier alpha value is -1.45. The number of carbonyl (C=O) groups excluding carboxylic acids is 1. The summed E-state index contributed by atoms with van der Waals surface area (Å²) in [5.41, 5.74) is 5.57. The fourth-order valence-corrected chi connectivity index (χ4v) is 0.784. The van der Waals surface area contributed by atoms with Crippen molar-refractivity contribution in [3.63, 3.8) is 0 Å². The summed E-state index contributed by atoms with van der Waals surface area (Å²) in [6.07, 6.45) is 0.681. The van der Waals surface area contributed by atoms with Crippen LogP contribution < -0.4 is 5.73 Å². The third-order valence-corrected chi connectivity index (χ3v) is 1.29. The molecule has 0 aromatic heterocycles. The second kappa shape index (κ2) is 3.80. The topological polar surface area (TPSA) is 77.0 Å². The average Bonchev–Trinajstić information content (AvgIpc) is 2.05. The number of ether oxygens (including phenoxy) is 1. The van der Waals surface area contributed by atoms with Crippen LogP contribution in [0.25, 0.3) is 0 Å². The van der Waals surface area contributed by atoms with Gasteiger partial charge in [-0.15, -0.1) is 0 Å². The summed E-state index contributed by atoms with van der Waals surface area (Å²) in [4.78, 5) is 17.7. The Kier molecular flexibility index (Phi) is 2.74. The number of aliphatic imine (C=N–C) groups is 2. The minimum absolute atomic E-state index is 0.118. The van der Waals surface area contributed by atoms with Crippen LogP contribution in [-0.4, -0.2) is 31.0 Å². The quantitative estimate of drug-likeness (QED) is 0.563. The van der Waals surface area contributed by atoms with Gasteiger partial charge in [0.05, 0.1) is 0 Å². The Morgan fingerprint density at radius 2 is 2.58 bits per heavy atom. The van der Waals surface area contributed by atoms with Gasteiger partial charge in [-0.3, -0.25) is 0 Å². The van der Waals surface area contributed by atoms with Crippen LogP contribution in [0, 0.1) is 0 Å². The Morgan fingerprint density at radius 1 is 1.83 bits per heavy atom. The molecule has 64 valence electrons. The number of rotatable bonds is 2. The lowest BCUT2D eigenvalue weighted by molar-refractivity contribution is 0.0990. The van der Waals surface area contributed by atoms with E-state index in [1.807, 2.05) is 0 Å². The fraction of sp³-hybridized carbons (Fsp3) is 0.429. The van der Waals surface area contributed by atoms with Crippen LogP contribution in [0.4, 0.5) is 0 Å². The van der Waals surface area contributed by atoms with Gasteiger partial charge in [-0.25, -0.2) is 14.8 Å². The first kappa shape index (κ1) is 8.64. The molecule has 1 aliphatic heterocycles. The van der Waals surface area contributed by atoms with E-state index in [0.29, 0.717) is 6.61 Å². The molecule has 1 rings (SSSR count). The maximum Gasteiger partial charge on any atom is 0.218 e. The molecule has 1 atom stereocenters. The fourth-order valence-electron chi connectivity index (χ4n) is 0.784. The van der Waals surface area contributed by atoms with Crippen LogP contribution in [0.2, 0.25) is 0 Å². The van der Waals surface area contributed by atoms with Crippen LogP contribution in [-0.2, 0) is 9.53 Å². The Bertz CT molecular complexity index is 276. The normalized spacial score (nSPS) is 21.9. The Labute approximate surface area is 69.6 Å². The summed E-state index contributed by atoms with van der Waals surface area (Å²) in [6.45, 7) is 2.26. The molecule has 5 nitrogen and oxygen atoms in total. The minimum atomic E-state index is -0.634. The highest BCUT2D eigenvalue weighted by atomic mass is 16.5.